The van der Waals surface area contributed by atoms with Gasteiger partial charge in [0.15, 0.2) is 0 Å². The second-order valence-corrected chi connectivity index (χ2v) is 7.43. The van der Waals surface area contributed by atoms with E-state index >= 15 is 0 Å². The zero-order chi connectivity index (χ0) is 17.4. The molecule has 4 rings (SSSR count). The van der Waals surface area contributed by atoms with Gasteiger partial charge in [-0.1, -0.05) is 45.8 Å². The van der Waals surface area contributed by atoms with E-state index in [1.165, 1.54) is 16.9 Å². The SMILES string of the molecule is Cc1ccc(-c2csc(-c3cc4cc(Br)ccc4oc3=NO)n2)cc1. The Morgan fingerprint density at radius 3 is 2.68 bits per heavy atom. The largest absolute Gasteiger partial charge is 0.435 e. The molecule has 124 valence electrons. The van der Waals surface area contributed by atoms with Crippen molar-refractivity contribution in [2.45, 2.75) is 6.92 Å². The molecule has 0 fully saturated rings. The lowest BCUT2D eigenvalue weighted by molar-refractivity contribution is 0.277. The number of rotatable bonds is 2. The number of aryl methyl sites for hydroxylation is 1. The van der Waals surface area contributed by atoms with Crippen molar-refractivity contribution in [3.63, 3.8) is 0 Å². The molecule has 4 aromatic rings. The van der Waals surface area contributed by atoms with E-state index in [-0.39, 0.29) is 5.55 Å². The van der Waals surface area contributed by atoms with Gasteiger partial charge in [-0.05, 0) is 36.3 Å². The summed E-state index contributed by atoms with van der Waals surface area (Å²) in [6.07, 6.45) is 0. The minimum Gasteiger partial charge on any atom is -0.435 e. The van der Waals surface area contributed by atoms with E-state index in [2.05, 4.69) is 40.1 Å². The van der Waals surface area contributed by atoms with Gasteiger partial charge < -0.3 is 9.62 Å². The Morgan fingerprint density at radius 1 is 1.12 bits per heavy atom. The second-order valence-electron chi connectivity index (χ2n) is 5.65. The summed E-state index contributed by atoms with van der Waals surface area (Å²) in [4.78, 5) is 4.69. The maximum Gasteiger partial charge on any atom is 0.265 e. The fourth-order valence-electron chi connectivity index (χ4n) is 2.58. The molecule has 25 heavy (non-hydrogen) atoms. The van der Waals surface area contributed by atoms with Crippen LogP contribution in [0.4, 0.5) is 0 Å². The molecule has 0 spiro atoms. The smallest absolute Gasteiger partial charge is 0.265 e. The normalized spacial score (nSPS) is 12.0. The summed E-state index contributed by atoms with van der Waals surface area (Å²) in [6.45, 7) is 2.06. The van der Waals surface area contributed by atoms with E-state index in [0.717, 1.165) is 26.1 Å². The van der Waals surface area contributed by atoms with Crippen LogP contribution in [0.15, 0.2) is 68.0 Å². The Kier molecular flexibility index (Phi) is 4.15. The van der Waals surface area contributed by atoms with Crippen molar-refractivity contribution in [3.05, 3.63) is 69.5 Å². The molecule has 0 atom stereocenters. The maximum absolute atomic E-state index is 9.35. The van der Waals surface area contributed by atoms with Crippen molar-refractivity contribution in [2.24, 2.45) is 5.16 Å². The zero-order valence-corrected chi connectivity index (χ0v) is 15.6. The minimum atomic E-state index is 0.152. The van der Waals surface area contributed by atoms with Gasteiger partial charge in [0.2, 0.25) is 0 Å². The predicted octanol–water partition coefficient (Wildman–Crippen LogP) is 5.58. The van der Waals surface area contributed by atoms with Crippen LogP contribution in [0.1, 0.15) is 5.56 Å². The van der Waals surface area contributed by atoms with Crippen molar-refractivity contribution >= 4 is 38.2 Å². The van der Waals surface area contributed by atoms with E-state index in [0.29, 0.717) is 11.1 Å². The predicted molar refractivity (Wildman–Crippen MR) is 103 cm³/mol. The number of nitrogens with zero attached hydrogens (tertiary/aromatic N) is 2. The minimum absolute atomic E-state index is 0.152. The zero-order valence-electron chi connectivity index (χ0n) is 13.2. The summed E-state index contributed by atoms with van der Waals surface area (Å²) < 4.78 is 6.66. The number of aromatic nitrogens is 1. The highest BCUT2D eigenvalue weighted by Crippen LogP contribution is 2.29. The van der Waals surface area contributed by atoms with Gasteiger partial charge in [-0.25, -0.2) is 4.98 Å². The van der Waals surface area contributed by atoms with Crippen LogP contribution in [0.3, 0.4) is 0 Å². The van der Waals surface area contributed by atoms with Gasteiger partial charge in [0.1, 0.15) is 10.6 Å². The third kappa shape index (κ3) is 3.10. The molecule has 4 nitrogen and oxygen atoms in total. The molecule has 2 heterocycles. The molecule has 6 heteroatoms. The number of hydrogen-bond acceptors (Lipinski definition) is 5. The van der Waals surface area contributed by atoms with Gasteiger partial charge in [0.25, 0.3) is 5.55 Å². The van der Waals surface area contributed by atoms with E-state index in [1.54, 1.807) is 0 Å². The van der Waals surface area contributed by atoms with E-state index in [1.807, 2.05) is 41.8 Å². The molecule has 0 saturated heterocycles. The first kappa shape index (κ1) is 16.1. The topological polar surface area (TPSA) is 58.6 Å². The molecular weight excluding hydrogens is 400 g/mol. The lowest BCUT2D eigenvalue weighted by Crippen LogP contribution is -2.05. The Hall–Kier alpha value is -2.44. The highest BCUT2D eigenvalue weighted by molar-refractivity contribution is 9.10. The highest BCUT2D eigenvalue weighted by atomic mass is 79.9. The first-order valence-corrected chi connectivity index (χ1v) is 9.26. The summed E-state index contributed by atoms with van der Waals surface area (Å²) in [5.74, 6) is 0. The number of benzene rings is 2. The summed E-state index contributed by atoms with van der Waals surface area (Å²) >= 11 is 4.95. The fraction of sp³-hybridized carbons (Fsp3) is 0.0526. The van der Waals surface area contributed by atoms with Crippen LogP contribution in [-0.2, 0) is 0 Å². The summed E-state index contributed by atoms with van der Waals surface area (Å²) in [5, 5.41) is 16.3. The molecule has 0 radical (unpaired) electrons. The Bertz CT molecular complexity index is 1130. The molecule has 0 aliphatic rings. The van der Waals surface area contributed by atoms with Crippen LogP contribution in [-0.4, -0.2) is 10.2 Å². The van der Waals surface area contributed by atoms with Crippen LogP contribution in [0.2, 0.25) is 0 Å². The molecule has 0 aliphatic heterocycles. The maximum atomic E-state index is 9.35. The van der Waals surface area contributed by atoms with Crippen molar-refractivity contribution in [1.29, 1.82) is 0 Å². The van der Waals surface area contributed by atoms with Gasteiger partial charge in [-0.2, -0.15) is 0 Å². The summed E-state index contributed by atoms with van der Waals surface area (Å²) in [6, 6.07) is 15.8. The standard InChI is InChI=1S/C19H13BrN2O2S/c1-11-2-4-12(5-3-11)16-10-25-19(21-16)15-9-13-8-14(20)6-7-17(13)24-18(15)22-23/h2-10,23H,1H3. The first-order chi connectivity index (χ1) is 12.1. The number of halogens is 1. The average molecular weight is 413 g/mol. The molecule has 0 bridgehead atoms. The van der Waals surface area contributed by atoms with E-state index in [4.69, 9.17) is 9.40 Å². The second kappa shape index (κ2) is 6.46. The number of fused-ring (bicyclic) bond motifs is 1. The van der Waals surface area contributed by atoms with Crippen LogP contribution in [0.25, 0.3) is 32.8 Å². The molecule has 1 N–H and O–H groups in total. The van der Waals surface area contributed by atoms with Crippen molar-refractivity contribution in [1.82, 2.24) is 4.98 Å². The van der Waals surface area contributed by atoms with E-state index in [9.17, 15) is 5.21 Å². The molecule has 0 aliphatic carbocycles. The monoisotopic (exact) mass is 412 g/mol. The van der Waals surface area contributed by atoms with Gasteiger partial charge in [-0.15, -0.1) is 11.3 Å². The summed E-state index contributed by atoms with van der Waals surface area (Å²) in [5.41, 5.74) is 4.61. The summed E-state index contributed by atoms with van der Waals surface area (Å²) in [7, 11) is 0. The molecular formula is C19H13BrN2O2S. The lowest BCUT2D eigenvalue weighted by atomic mass is 10.1. The molecule has 0 amide bonds. The lowest BCUT2D eigenvalue weighted by Gasteiger charge is -2.02. The third-order valence-corrected chi connectivity index (χ3v) is 5.25. The molecule has 2 aromatic carbocycles. The number of thiazole rings is 1. The van der Waals surface area contributed by atoms with Crippen LogP contribution < -0.4 is 5.55 Å². The first-order valence-electron chi connectivity index (χ1n) is 7.58. The average Bonchev–Trinajstić information content (AvgIpc) is 3.11. The Labute approximate surface area is 156 Å². The van der Waals surface area contributed by atoms with Gasteiger partial charge in [-0.3, -0.25) is 0 Å². The van der Waals surface area contributed by atoms with Crippen LogP contribution in [0, 0.1) is 6.92 Å². The molecule has 0 unspecified atom stereocenters. The van der Waals surface area contributed by atoms with Crippen LogP contribution >= 0.6 is 27.3 Å². The van der Waals surface area contributed by atoms with Gasteiger partial charge in [0.05, 0.1) is 11.3 Å². The molecule has 0 saturated carbocycles. The highest BCUT2D eigenvalue weighted by Gasteiger charge is 2.12. The third-order valence-electron chi connectivity index (χ3n) is 3.88. The fourth-order valence-corrected chi connectivity index (χ4v) is 3.80. The Morgan fingerprint density at radius 2 is 1.92 bits per heavy atom. The molecule has 2 aromatic heterocycles. The van der Waals surface area contributed by atoms with Crippen LogP contribution in [0.5, 0.6) is 0 Å². The van der Waals surface area contributed by atoms with Gasteiger partial charge >= 0.3 is 0 Å². The van der Waals surface area contributed by atoms with E-state index < -0.39 is 0 Å². The van der Waals surface area contributed by atoms with Crippen molar-refractivity contribution in [3.8, 4) is 21.8 Å². The van der Waals surface area contributed by atoms with Gasteiger partial charge in [0, 0.05) is 20.8 Å². The van der Waals surface area contributed by atoms with Crippen molar-refractivity contribution < 1.29 is 9.62 Å². The van der Waals surface area contributed by atoms with Crippen molar-refractivity contribution in [2.75, 3.05) is 0 Å². The number of hydrogen-bond donors (Lipinski definition) is 1. The Balaban J connectivity index is 1.85. The quantitative estimate of drug-likeness (QED) is 0.345.